The molecule has 2 aromatic heterocycles. The van der Waals surface area contributed by atoms with E-state index in [9.17, 15) is 8.42 Å². The number of rotatable bonds is 5. The molecular weight excluding hydrogens is 442 g/mol. The topological polar surface area (TPSA) is 85.5 Å². The van der Waals surface area contributed by atoms with E-state index in [2.05, 4.69) is 26.1 Å². The van der Waals surface area contributed by atoms with Gasteiger partial charge in [0.15, 0.2) is 0 Å². The first-order chi connectivity index (χ1) is 12.5. The minimum absolute atomic E-state index is 0.107. The molecule has 1 fully saturated rings. The molecule has 10 heteroatoms. The third kappa shape index (κ3) is 3.07. The van der Waals surface area contributed by atoms with Crippen molar-refractivity contribution in [2.75, 3.05) is 20.2 Å². The van der Waals surface area contributed by atoms with Gasteiger partial charge in [0, 0.05) is 13.1 Å². The van der Waals surface area contributed by atoms with Gasteiger partial charge >= 0.3 is 0 Å². The van der Waals surface area contributed by atoms with Crippen LogP contribution in [0.2, 0.25) is 0 Å². The number of thiophene rings is 1. The van der Waals surface area contributed by atoms with E-state index < -0.39 is 10.0 Å². The second-order valence-corrected chi connectivity index (χ2v) is 10.4. The smallest absolute Gasteiger partial charge is 0.252 e. The number of hydrogen-bond acceptors (Lipinski definition) is 7. The summed E-state index contributed by atoms with van der Waals surface area (Å²) in [4.78, 5) is 4.42. The lowest BCUT2D eigenvalue weighted by Crippen LogP contribution is -2.48. The van der Waals surface area contributed by atoms with Crippen LogP contribution in [-0.4, -0.2) is 43.1 Å². The summed E-state index contributed by atoms with van der Waals surface area (Å²) < 4.78 is 38.3. The highest BCUT2D eigenvalue weighted by Crippen LogP contribution is 2.36. The quantitative estimate of drug-likeness (QED) is 0.586. The van der Waals surface area contributed by atoms with Crippen LogP contribution in [0.1, 0.15) is 11.8 Å². The van der Waals surface area contributed by atoms with E-state index >= 15 is 0 Å². The highest BCUT2D eigenvalue weighted by molar-refractivity contribution is 9.11. The van der Waals surface area contributed by atoms with E-state index in [1.807, 2.05) is 24.3 Å². The maximum Gasteiger partial charge on any atom is 0.252 e. The standard InChI is InChI=1S/C16H14BrN3O4S2/c1-23-12-5-3-2-4-11(12)15-18-16(24-19-15)10-8-20(9-10)26(21,22)14-7-6-13(17)25-14/h2-7,10H,8-9H2,1H3. The normalized spacial score (nSPS) is 15.8. The Balaban J connectivity index is 1.49. The van der Waals surface area contributed by atoms with Crippen LogP contribution in [0, 0.1) is 0 Å². The zero-order chi connectivity index (χ0) is 18.3. The Hall–Kier alpha value is -1.75. The zero-order valence-corrected chi connectivity index (χ0v) is 16.8. The van der Waals surface area contributed by atoms with Gasteiger partial charge in [-0.2, -0.15) is 9.29 Å². The van der Waals surface area contributed by atoms with Gasteiger partial charge in [-0.15, -0.1) is 11.3 Å². The Morgan fingerprint density at radius 1 is 1.27 bits per heavy atom. The van der Waals surface area contributed by atoms with Gasteiger partial charge in [0.05, 0.1) is 22.4 Å². The first-order valence-corrected chi connectivity index (χ1v) is 10.8. The van der Waals surface area contributed by atoms with Gasteiger partial charge in [0.1, 0.15) is 9.96 Å². The van der Waals surface area contributed by atoms with Gasteiger partial charge in [-0.1, -0.05) is 17.3 Å². The van der Waals surface area contributed by atoms with Crippen LogP contribution < -0.4 is 4.74 Å². The van der Waals surface area contributed by atoms with E-state index in [0.29, 0.717) is 34.8 Å². The molecule has 0 saturated carbocycles. The largest absolute Gasteiger partial charge is 0.496 e. The van der Waals surface area contributed by atoms with Crippen LogP contribution in [0.3, 0.4) is 0 Å². The summed E-state index contributed by atoms with van der Waals surface area (Å²) in [6.07, 6.45) is 0. The molecule has 1 saturated heterocycles. The Kier molecular flexibility index (Phi) is 4.59. The third-order valence-electron chi connectivity index (χ3n) is 4.13. The lowest BCUT2D eigenvalue weighted by Gasteiger charge is -2.35. The molecular formula is C16H14BrN3O4S2. The zero-order valence-electron chi connectivity index (χ0n) is 13.6. The molecule has 4 rings (SSSR count). The van der Waals surface area contributed by atoms with E-state index in [1.165, 1.54) is 15.6 Å². The summed E-state index contributed by atoms with van der Waals surface area (Å²) in [5.74, 6) is 1.41. The van der Waals surface area contributed by atoms with Gasteiger partial charge in [0.25, 0.3) is 10.0 Å². The fourth-order valence-corrected chi connectivity index (χ4v) is 6.39. The van der Waals surface area contributed by atoms with Crippen molar-refractivity contribution in [1.82, 2.24) is 14.4 Å². The van der Waals surface area contributed by atoms with Crippen LogP contribution in [0.5, 0.6) is 5.75 Å². The van der Waals surface area contributed by atoms with E-state index in [4.69, 9.17) is 9.26 Å². The Morgan fingerprint density at radius 2 is 2.04 bits per heavy atom. The number of sulfonamides is 1. The van der Waals surface area contributed by atoms with E-state index in [0.717, 1.165) is 9.35 Å². The predicted molar refractivity (Wildman–Crippen MR) is 99.8 cm³/mol. The number of hydrogen-bond donors (Lipinski definition) is 0. The average Bonchev–Trinajstić information content (AvgIpc) is 3.23. The van der Waals surface area contributed by atoms with Crippen molar-refractivity contribution in [3.63, 3.8) is 0 Å². The minimum Gasteiger partial charge on any atom is -0.496 e. The molecule has 0 amide bonds. The molecule has 1 aliphatic heterocycles. The van der Waals surface area contributed by atoms with Crippen LogP contribution >= 0.6 is 27.3 Å². The number of aromatic nitrogens is 2. The van der Waals surface area contributed by atoms with Crippen LogP contribution in [0.25, 0.3) is 11.4 Å². The van der Waals surface area contributed by atoms with Crippen molar-refractivity contribution in [2.24, 2.45) is 0 Å². The molecule has 0 N–H and O–H groups in total. The fourth-order valence-electron chi connectivity index (χ4n) is 2.69. The minimum atomic E-state index is -3.47. The molecule has 7 nitrogen and oxygen atoms in total. The molecule has 3 aromatic rings. The molecule has 0 bridgehead atoms. The van der Waals surface area contributed by atoms with Crippen molar-refractivity contribution < 1.29 is 17.7 Å². The number of ether oxygens (including phenoxy) is 1. The molecule has 136 valence electrons. The summed E-state index contributed by atoms with van der Waals surface area (Å²) >= 11 is 4.49. The summed E-state index contributed by atoms with van der Waals surface area (Å²) in [6.45, 7) is 0.650. The Morgan fingerprint density at radius 3 is 2.73 bits per heavy atom. The molecule has 1 aromatic carbocycles. The lowest BCUT2D eigenvalue weighted by molar-refractivity contribution is 0.217. The summed E-state index contributed by atoms with van der Waals surface area (Å²) in [6, 6.07) is 10.7. The lowest BCUT2D eigenvalue weighted by atomic mass is 10.0. The molecule has 0 aliphatic carbocycles. The second kappa shape index (κ2) is 6.76. The molecule has 26 heavy (non-hydrogen) atoms. The van der Waals surface area contributed by atoms with Gasteiger partial charge in [-0.05, 0) is 40.2 Å². The molecule has 1 aliphatic rings. The third-order valence-corrected chi connectivity index (χ3v) is 8.05. The van der Waals surface area contributed by atoms with E-state index in [-0.39, 0.29) is 5.92 Å². The Labute approximate surface area is 162 Å². The molecule has 0 atom stereocenters. The number of nitrogens with zero attached hydrogens (tertiary/aromatic N) is 3. The number of benzene rings is 1. The van der Waals surface area contributed by atoms with Crippen LogP contribution in [-0.2, 0) is 10.0 Å². The predicted octanol–water partition coefficient (Wildman–Crippen LogP) is 3.36. The number of methoxy groups -OCH3 is 1. The molecule has 0 spiro atoms. The maximum atomic E-state index is 12.5. The van der Waals surface area contributed by atoms with E-state index in [1.54, 1.807) is 19.2 Å². The average molecular weight is 456 g/mol. The summed E-state index contributed by atoms with van der Waals surface area (Å²) in [7, 11) is -1.89. The maximum absolute atomic E-state index is 12.5. The number of para-hydroxylation sites is 1. The van der Waals surface area contributed by atoms with Crippen molar-refractivity contribution >= 4 is 37.3 Å². The van der Waals surface area contributed by atoms with Crippen molar-refractivity contribution in [3.8, 4) is 17.1 Å². The van der Waals surface area contributed by atoms with Gasteiger partial charge in [-0.25, -0.2) is 8.42 Å². The van der Waals surface area contributed by atoms with Gasteiger partial charge in [-0.3, -0.25) is 0 Å². The first-order valence-electron chi connectivity index (χ1n) is 7.71. The number of halogens is 1. The molecule has 0 radical (unpaired) electrons. The van der Waals surface area contributed by atoms with Gasteiger partial charge in [0.2, 0.25) is 11.7 Å². The SMILES string of the molecule is COc1ccccc1-c1noc(C2CN(S(=O)(=O)c3ccc(Br)s3)C2)n1. The Bertz CT molecular complexity index is 1040. The molecule has 0 unspecified atom stereocenters. The first kappa shape index (κ1) is 17.7. The van der Waals surface area contributed by atoms with Crippen molar-refractivity contribution in [1.29, 1.82) is 0 Å². The van der Waals surface area contributed by atoms with Crippen molar-refractivity contribution in [2.45, 2.75) is 10.1 Å². The van der Waals surface area contributed by atoms with Crippen LogP contribution in [0.15, 0.2) is 48.9 Å². The fraction of sp³-hybridized carbons (Fsp3) is 0.250. The second-order valence-electron chi connectivity index (χ2n) is 5.73. The van der Waals surface area contributed by atoms with Crippen molar-refractivity contribution in [3.05, 3.63) is 46.1 Å². The highest BCUT2D eigenvalue weighted by Gasteiger charge is 2.41. The van der Waals surface area contributed by atoms with Gasteiger partial charge < -0.3 is 9.26 Å². The summed E-state index contributed by atoms with van der Waals surface area (Å²) in [5.41, 5.74) is 0.734. The summed E-state index contributed by atoms with van der Waals surface area (Å²) in [5, 5.41) is 4.01. The highest BCUT2D eigenvalue weighted by atomic mass is 79.9. The van der Waals surface area contributed by atoms with Crippen LogP contribution in [0.4, 0.5) is 0 Å². The monoisotopic (exact) mass is 455 g/mol. The molecule has 3 heterocycles.